The van der Waals surface area contributed by atoms with Crippen LogP contribution in [0.5, 0.6) is 0 Å². The Bertz CT molecular complexity index is 561. The van der Waals surface area contributed by atoms with Gasteiger partial charge < -0.3 is 10.2 Å². The van der Waals surface area contributed by atoms with Gasteiger partial charge >= 0.3 is 0 Å². The zero-order valence-corrected chi connectivity index (χ0v) is 14.7. The highest BCUT2D eigenvalue weighted by atomic mass is 32.2. The molecule has 5 nitrogen and oxygen atoms in total. The summed E-state index contributed by atoms with van der Waals surface area (Å²) >= 11 is 1.40. The summed E-state index contributed by atoms with van der Waals surface area (Å²) < 4.78 is 27.5. The molecule has 21 heavy (non-hydrogen) atoms. The van der Waals surface area contributed by atoms with E-state index in [1.54, 1.807) is 4.31 Å². The number of likely N-dealkylation sites (N-methyl/N-ethyl adjacent to an activating group) is 1. The third kappa shape index (κ3) is 3.84. The monoisotopic (exact) mass is 331 g/mol. The summed E-state index contributed by atoms with van der Waals surface area (Å²) in [6.07, 6.45) is 0. The summed E-state index contributed by atoms with van der Waals surface area (Å²) in [6.45, 7) is 11.6. The first-order valence-electron chi connectivity index (χ1n) is 7.51. The van der Waals surface area contributed by atoms with Gasteiger partial charge in [-0.1, -0.05) is 13.8 Å². The van der Waals surface area contributed by atoms with Crippen LogP contribution in [-0.4, -0.2) is 56.9 Å². The van der Waals surface area contributed by atoms with Crippen LogP contribution >= 0.6 is 11.3 Å². The molecule has 0 aromatic carbocycles. The molecule has 0 saturated carbocycles. The molecule has 0 amide bonds. The van der Waals surface area contributed by atoms with Crippen molar-refractivity contribution < 1.29 is 8.42 Å². The Morgan fingerprint density at radius 3 is 2.48 bits per heavy atom. The van der Waals surface area contributed by atoms with E-state index in [-0.39, 0.29) is 0 Å². The molecule has 1 aromatic rings. The van der Waals surface area contributed by atoms with Crippen molar-refractivity contribution in [3.8, 4) is 0 Å². The van der Waals surface area contributed by atoms with Crippen LogP contribution in [0.4, 0.5) is 0 Å². The maximum Gasteiger partial charge on any atom is 0.252 e. The smallest absolute Gasteiger partial charge is 0.252 e. The maximum atomic E-state index is 12.7. The standard InChI is InChI=1S/C14H25N3O2S2/c1-4-15-11-13-12(3)10-14(20-13)21(18,19)17-8-6-16(5-2)7-9-17/h10,15H,4-9,11H2,1-3H3. The second-order valence-electron chi connectivity index (χ2n) is 5.29. The van der Waals surface area contributed by atoms with Gasteiger partial charge in [-0.15, -0.1) is 11.3 Å². The van der Waals surface area contributed by atoms with E-state index in [0.717, 1.165) is 43.2 Å². The van der Waals surface area contributed by atoms with E-state index in [9.17, 15) is 8.42 Å². The van der Waals surface area contributed by atoms with Crippen LogP contribution in [-0.2, 0) is 16.6 Å². The van der Waals surface area contributed by atoms with Crippen molar-refractivity contribution in [3.63, 3.8) is 0 Å². The lowest BCUT2D eigenvalue weighted by molar-refractivity contribution is 0.196. The number of nitrogens with one attached hydrogen (secondary N) is 1. The summed E-state index contributed by atoms with van der Waals surface area (Å²) in [5.41, 5.74) is 1.06. The fourth-order valence-corrected chi connectivity index (χ4v) is 5.58. The van der Waals surface area contributed by atoms with Crippen molar-refractivity contribution in [3.05, 3.63) is 16.5 Å². The second kappa shape index (κ2) is 7.19. The molecule has 0 bridgehead atoms. The molecule has 120 valence electrons. The molecular formula is C14H25N3O2S2. The van der Waals surface area contributed by atoms with Gasteiger partial charge in [-0.25, -0.2) is 8.42 Å². The van der Waals surface area contributed by atoms with Gasteiger partial charge in [0.1, 0.15) is 4.21 Å². The fraction of sp³-hybridized carbons (Fsp3) is 0.714. The number of nitrogens with zero attached hydrogens (tertiary/aromatic N) is 2. The van der Waals surface area contributed by atoms with E-state index in [1.165, 1.54) is 11.3 Å². The van der Waals surface area contributed by atoms with Crippen LogP contribution in [0.15, 0.2) is 10.3 Å². The van der Waals surface area contributed by atoms with Gasteiger partial charge in [0.25, 0.3) is 10.0 Å². The number of rotatable bonds is 6. The Kier molecular flexibility index (Phi) is 5.79. The second-order valence-corrected chi connectivity index (χ2v) is 8.59. The molecule has 1 aromatic heterocycles. The van der Waals surface area contributed by atoms with Crippen LogP contribution in [0.1, 0.15) is 24.3 Å². The van der Waals surface area contributed by atoms with E-state index in [4.69, 9.17) is 0 Å². The highest BCUT2D eigenvalue weighted by Gasteiger charge is 2.29. The number of hydrogen-bond donors (Lipinski definition) is 1. The van der Waals surface area contributed by atoms with Gasteiger partial charge in [-0.3, -0.25) is 0 Å². The van der Waals surface area contributed by atoms with Crippen molar-refractivity contribution in [2.24, 2.45) is 0 Å². The van der Waals surface area contributed by atoms with Crippen LogP contribution in [0.2, 0.25) is 0 Å². The summed E-state index contributed by atoms with van der Waals surface area (Å²) in [5, 5.41) is 3.26. The highest BCUT2D eigenvalue weighted by molar-refractivity contribution is 7.91. The van der Waals surface area contributed by atoms with Crippen LogP contribution in [0.25, 0.3) is 0 Å². The molecule has 1 aliphatic rings. The number of hydrogen-bond acceptors (Lipinski definition) is 5. The Balaban J connectivity index is 2.13. The Hall–Kier alpha value is -0.470. The fourth-order valence-electron chi connectivity index (χ4n) is 2.44. The maximum absolute atomic E-state index is 12.7. The predicted octanol–water partition coefficient (Wildman–Crippen LogP) is 1.49. The van der Waals surface area contributed by atoms with Crippen molar-refractivity contribution >= 4 is 21.4 Å². The van der Waals surface area contributed by atoms with Gasteiger partial charge in [0.15, 0.2) is 0 Å². The Morgan fingerprint density at radius 2 is 1.90 bits per heavy atom. The first kappa shape index (κ1) is 16.9. The summed E-state index contributed by atoms with van der Waals surface area (Å²) in [5.74, 6) is 0. The molecule has 1 aliphatic heterocycles. The molecule has 2 rings (SSSR count). The summed E-state index contributed by atoms with van der Waals surface area (Å²) in [7, 11) is -3.32. The lowest BCUT2D eigenvalue weighted by Gasteiger charge is -2.32. The lowest BCUT2D eigenvalue weighted by atomic mass is 10.3. The number of piperazine rings is 1. The lowest BCUT2D eigenvalue weighted by Crippen LogP contribution is -2.48. The Labute approximate surface area is 132 Å². The molecule has 0 aliphatic carbocycles. The largest absolute Gasteiger partial charge is 0.312 e. The average Bonchev–Trinajstić information content (AvgIpc) is 2.87. The molecule has 1 saturated heterocycles. The van der Waals surface area contributed by atoms with Crippen LogP contribution in [0, 0.1) is 6.92 Å². The number of sulfonamides is 1. The van der Waals surface area contributed by atoms with E-state index in [0.29, 0.717) is 17.3 Å². The van der Waals surface area contributed by atoms with Crippen molar-refractivity contribution in [2.75, 3.05) is 39.3 Å². The third-order valence-electron chi connectivity index (χ3n) is 3.91. The first-order valence-corrected chi connectivity index (χ1v) is 9.77. The minimum absolute atomic E-state index is 0.484. The summed E-state index contributed by atoms with van der Waals surface area (Å²) in [6, 6.07) is 1.82. The minimum atomic E-state index is -3.32. The molecule has 2 heterocycles. The minimum Gasteiger partial charge on any atom is -0.312 e. The molecular weight excluding hydrogens is 306 g/mol. The van der Waals surface area contributed by atoms with E-state index >= 15 is 0 Å². The van der Waals surface area contributed by atoms with Crippen LogP contribution < -0.4 is 5.32 Å². The molecule has 1 N–H and O–H groups in total. The van der Waals surface area contributed by atoms with Crippen molar-refractivity contribution in [1.82, 2.24) is 14.5 Å². The van der Waals surface area contributed by atoms with Gasteiger partial charge in [-0.2, -0.15) is 4.31 Å². The zero-order valence-electron chi connectivity index (χ0n) is 13.1. The average molecular weight is 332 g/mol. The van der Waals surface area contributed by atoms with Gasteiger partial charge in [0.2, 0.25) is 0 Å². The van der Waals surface area contributed by atoms with Crippen LogP contribution in [0.3, 0.4) is 0 Å². The highest BCUT2D eigenvalue weighted by Crippen LogP contribution is 2.29. The van der Waals surface area contributed by atoms with Gasteiger partial charge in [0, 0.05) is 37.6 Å². The third-order valence-corrected chi connectivity index (χ3v) is 7.49. The summed E-state index contributed by atoms with van der Waals surface area (Å²) in [4.78, 5) is 3.39. The topological polar surface area (TPSA) is 52.7 Å². The van der Waals surface area contributed by atoms with Gasteiger partial charge in [0.05, 0.1) is 0 Å². The number of thiophene rings is 1. The van der Waals surface area contributed by atoms with Gasteiger partial charge in [-0.05, 0) is 31.6 Å². The quantitative estimate of drug-likeness (QED) is 0.858. The SMILES string of the molecule is CCNCc1sc(S(=O)(=O)N2CCN(CC)CC2)cc1C. The number of aryl methyl sites for hydroxylation is 1. The zero-order chi connectivity index (χ0) is 15.5. The van der Waals surface area contributed by atoms with E-state index < -0.39 is 10.0 Å². The molecule has 0 atom stereocenters. The first-order chi connectivity index (χ1) is 9.98. The normalized spacial score (nSPS) is 18.2. The molecule has 0 unspecified atom stereocenters. The van der Waals surface area contributed by atoms with Crippen molar-refractivity contribution in [2.45, 2.75) is 31.5 Å². The predicted molar refractivity (Wildman–Crippen MR) is 87.3 cm³/mol. The molecule has 1 fully saturated rings. The van der Waals surface area contributed by atoms with E-state index in [1.807, 2.05) is 19.9 Å². The van der Waals surface area contributed by atoms with E-state index in [2.05, 4.69) is 17.1 Å². The molecule has 0 radical (unpaired) electrons. The molecule has 7 heteroatoms. The van der Waals surface area contributed by atoms with Crippen molar-refractivity contribution in [1.29, 1.82) is 0 Å². The molecule has 0 spiro atoms. The Morgan fingerprint density at radius 1 is 1.24 bits per heavy atom.